The van der Waals surface area contributed by atoms with Crippen molar-refractivity contribution >= 4 is 23.2 Å². The minimum Gasteiger partial charge on any atom is -0.340 e. The monoisotopic (exact) mass is 335 g/mol. The highest BCUT2D eigenvalue weighted by atomic mass is 35.5. The third-order valence-corrected chi connectivity index (χ3v) is 4.36. The van der Waals surface area contributed by atoms with E-state index in [1.807, 2.05) is 33.8 Å². The van der Waals surface area contributed by atoms with Gasteiger partial charge in [-0.3, -0.25) is 9.69 Å². The molecule has 0 bridgehead atoms. The van der Waals surface area contributed by atoms with Crippen molar-refractivity contribution in [1.29, 1.82) is 0 Å². The van der Waals surface area contributed by atoms with E-state index >= 15 is 0 Å². The number of aromatic nitrogens is 2. The Balaban J connectivity index is 1.64. The van der Waals surface area contributed by atoms with Gasteiger partial charge in [0.1, 0.15) is 5.65 Å². The molecule has 6 nitrogen and oxygen atoms in total. The lowest BCUT2D eigenvalue weighted by Crippen LogP contribution is -2.43. The summed E-state index contributed by atoms with van der Waals surface area (Å²) in [5.41, 5.74) is 7.61. The standard InChI is InChI=1S/C16H22ClN5O/c1-12(18)16(23)21-6-2-5-20(7-8-21)10-14-11-22-9-13(17)3-4-15(22)19-14/h3-4,9,11-12H,2,5-8,10,18H2,1H3. The number of carbonyl (C=O) groups is 1. The van der Waals surface area contributed by atoms with Crippen LogP contribution in [0.25, 0.3) is 5.65 Å². The number of hydrogen-bond donors (Lipinski definition) is 1. The fourth-order valence-electron chi connectivity index (χ4n) is 2.96. The number of fused-ring (bicyclic) bond motifs is 1. The minimum atomic E-state index is -0.426. The Morgan fingerprint density at radius 1 is 1.30 bits per heavy atom. The molecule has 0 aromatic carbocycles. The van der Waals surface area contributed by atoms with Crippen LogP contribution in [0.5, 0.6) is 0 Å². The molecule has 2 aromatic rings. The average molecular weight is 336 g/mol. The Morgan fingerprint density at radius 2 is 2.13 bits per heavy atom. The largest absolute Gasteiger partial charge is 0.340 e. The second-order valence-corrected chi connectivity index (χ2v) is 6.53. The Morgan fingerprint density at radius 3 is 2.91 bits per heavy atom. The number of nitrogens with two attached hydrogens (primary N) is 1. The SMILES string of the molecule is CC(N)C(=O)N1CCCN(Cc2cn3cc(Cl)ccc3n2)CC1. The molecule has 1 fully saturated rings. The fraction of sp³-hybridized carbons (Fsp3) is 0.500. The maximum atomic E-state index is 12.0. The molecule has 2 N–H and O–H groups in total. The average Bonchev–Trinajstić information content (AvgIpc) is 2.75. The molecule has 7 heteroatoms. The molecule has 3 rings (SSSR count). The van der Waals surface area contributed by atoms with Crippen molar-refractivity contribution < 1.29 is 4.79 Å². The minimum absolute atomic E-state index is 0.0363. The Bertz CT molecular complexity index is 699. The molecule has 3 heterocycles. The first-order chi connectivity index (χ1) is 11.0. The van der Waals surface area contributed by atoms with Gasteiger partial charge in [0, 0.05) is 45.1 Å². The van der Waals surface area contributed by atoms with Crippen LogP contribution in [-0.4, -0.2) is 57.3 Å². The molecular formula is C16H22ClN5O. The Labute approximate surface area is 140 Å². The summed E-state index contributed by atoms with van der Waals surface area (Å²) in [6.07, 6.45) is 4.83. The first-order valence-electron chi connectivity index (χ1n) is 7.93. The van der Waals surface area contributed by atoms with Gasteiger partial charge in [0.2, 0.25) is 5.91 Å². The number of amides is 1. The molecule has 0 spiro atoms. The molecular weight excluding hydrogens is 314 g/mol. The number of halogens is 1. The highest BCUT2D eigenvalue weighted by molar-refractivity contribution is 6.30. The summed E-state index contributed by atoms with van der Waals surface area (Å²) in [6.45, 7) is 5.81. The van der Waals surface area contributed by atoms with Crippen LogP contribution in [0, 0.1) is 0 Å². The van der Waals surface area contributed by atoms with E-state index in [1.54, 1.807) is 6.92 Å². The van der Waals surface area contributed by atoms with Gasteiger partial charge in [-0.25, -0.2) is 4.98 Å². The Kier molecular flexibility index (Phi) is 4.84. The van der Waals surface area contributed by atoms with Gasteiger partial charge in [-0.15, -0.1) is 0 Å². The third kappa shape index (κ3) is 3.83. The van der Waals surface area contributed by atoms with E-state index in [2.05, 4.69) is 9.88 Å². The lowest BCUT2D eigenvalue weighted by molar-refractivity contribution is -0.132. The first kappa shape index (κ1) is 16.2. The maximum Gasteiger partial charge on any atom is 0.239 e. The van der Waals surface area contributed by atoms with Gasteiger partial charge in [-0.2, -0.15) is 0 Å². The van der Waals surface area contributed by atoms with Crippen molar-refractivity contribution in [3.63, 3.8) is 0 Å². The smallest absolute Gasteiger partial charge is 0.239 e. The van der Waals surface area contributed by atoms with Crippen LogP contribution in [0.1, 0.15) is 19.0 Å². The van der Waals surface area contributed by atoms with E-state index in [-0.39, 0.29) is 5.91 Å². The van der Waals surface area contributed by atoms with Crippen LogP contribution in [-0.2, 0) is 11.3 Å². The summed E-state index contributed by atoms with van der Waals surface area (Å²) in [5.74, 6) is 0.0363. The second kappa shape index (κ2) is 6.86. The van der Waals surface area contributed by atoms with E-state index in [0.717, 1.165) is 50.5 Å². The topological polar surface area (TPSA) is 66.9 Å². The molecule has 2 aromatic heterocycles. The predicted molar refractivity (Wildman–Crippen MR) is 90.3 cm³/mol. The van der Waals surface area contributed by atoms with Gasteiger partial charge in [0.25, 0.3) is 0 Å². The summed E-state index contributed by atoms with van der Waals surface area (Å²) < 4.78 is 1.95. The van der Waals surface area contributed by atoms with Crippen LogP contribution in [0.2, 0.25) is 5.02 Å². The van der Waals surface area contributed by atoms with Crippen LogP contribution >= 0.6 is 11.6 Å². The molecule has 0 aliphatic carbocycles. The zero-order chi connectivity index (χ0) is 16.4. The van der Waals surface area contributed by atoms with Crippen LogP contribution < -0.4 is 5.73 Å². The van der Waals surface area contributed by atoms with Gasteiger partial charge >= 0.3 is 0 Å². The second-order valence-electron chi connectivity index (χ2n) is 6.09. The van der Waals surface area contributed by atoms with Gasteiger partial charge in [-0.05, 0) is 25.5 Å². The normalized spacial score (nSPS) is 18.1. The highest BCUT2D eigenvalue weighted by Crippen LogP contribution is 2.14. The zero-order valence-electron chi connectivity index (χ0n) is 13.3. The van der Waals surface area contributed by atoms with Crippen molar-refractivity contribution in [2.24, 2.45) is 5.73 Å². The summed E-state index contributed by atoms with van der Waals surface area (Å²) in [5, 5.41) is 0.696. The van der Waals surface area contributed by atoms with Crippen LogP contribution in [0.4, 0.5) is 0 Å². The molecule has 124 valence electrons. The first-order valence-corrected chi connectivity index (χ1v) is 8.30. The summed E-state index contributed by atoms with van der Waals surface area (Å²) in [7, 11) is 0. The molecule has 1 saturated heterocycles. The summed E-state index contributed by atoms with van der Waals surface area (Å²) in [4.78, 5) is 20.8. The molecule has 0 radical (unpaired) electrons. The van der Waals surface area contributed by atoms with E-state index in [9.17, 15) is 4.79 Å². The van der Waals surface area contributed by atoms with Crippen molar-refractivity contribution in [2.45, 2.75) is 25.9 Å². The summed E-state index contributed by atoms with van der Waals surface area (Å²) in [6, 6.07) is 3.33. The molecule has 1 unspecified atom stereocenters. The molecule has 1 aliphatic heterocycles. The Hall–Kier alpha value is -1.63. The van der Waals surface area contributed by atoms with Crippen molar-refractivity contribution in [3.8, 4) is 0 Å². The van der Waals surface area contributed by atoms with E-state index < -0.39 is 6.04 Å². The van der Waals surface area contributed by atoms with Crippen molar-refractivity contribution in [3.05, 3.63) is 35.2 Å². The van der Waals surface area contributed by atoms with Gasteiger partial charge < -0.3 is 15.0 Å². The van der Waals surface area contributed by atoms with Crippen molar-refractivity contribution in [1.82, 2.24) is 19.2 Å². The molecule has 1 atom stereocenters. The van der Waals surface area contributed by atoms with E-state index in [4.69, 9.17) is 17.3 Å². The lowest BCUT2D eigenvalue weighted by Gasteiger charge is -2.23. The number of carbonyl (C=O) groups excluding carboxylic acids is 1. The van der Waals surface area contributed by atoms with Gasteiger partial charge in [0.05, 0.1) is 16.8 Å². The van der Waals surface area contributed by atoms with Gasteiger partial charge in [-0.1, -0.05) is 11.6 Å². The number of imidazole rings is 1. The lowest BCUT2D eigenvalue weighted by atomic mass is 10.3. The predicted octanol–water partition coefficient (Wildman–Crippen LogP) is 1.37. The molecule has 1 aliphatic rings. The molecule has 1 amide bonds. The number of nitrogens with zero attached hydrogens (tertiary/aromatic N) is 4. The maximum absolute atomic E-state index is 12.0. The quantitative estimate of drug-likeness (QED) is 0.920. The fourth-order valence-corrected chi connectivity index (χ4v) is 3.13. The van der Waals surface area contributed by atoms with Gasteiger partial charge in [0.15, 0.2) is 0 Å². The zero-order valence-corrected chi connectivity index (χ0v) is 14.0. The number of rotatable bonds is 3. The van der Waals surface area contributed by atoms with Crippen LogP contribution in [0.3, 0.4) is 0 Å². The number of pyridine rings is 1. The van der Waals surface area contributed by atoms with E-state index in [1.165, 1.54) is 0 Å². The third-order valence-electron chi connectivity index (χ3n) is 4.14. The number of hydrogen-bond acceptors (Lipinski definition) is 4. The van der Waals surface area contributed by atoms with Crippen molar-refractivity contribution in [2.75, 3.05) is 26.2 Å². The molecule has 23 heavy (non-hydrogen) atoms. The van der Waals surface area contributed by atoms with Crippen LogP contribution in [0.15, 0.2) is 24.5 Å². The van der Waals surface area contributed by atoms with E-state index in [0.29, 0.717) is 5.02 Å². The molecule has 0 saturated carbocycles. The summed E-state index contributed by atoms with van der Waals surface area (Å²) >= 11 is 6.01. The highest BCUT2D eigenvalue weighted by Gasteiger charge is 2.21.